The fraction of sp³-hybridized carbons (Fsp3) is 0.538. The third-order valence-corrected chi connectivity index (χ3v) is 3.13. The van der Waals surface area contributed by atoms with E-state index in [4.69, 9.17) is 0 Å². The highest BCUT2D eigenvalue weighted by Crippen LogP contribution is 2.18. The molecule has 2 heteroatoms. The van der Waals surface area contributed by atoms with Crippen LogP contribution in [-0.4, -0.2) is 13.1 Å². The Morgan fingerprint density at radius 2 is 1.93 bits per heavy atom. The van der Waals surface area contributed by atoms with Crippen molar-refractivity contribution in [3.8, 4) is 0 Å². The Balaban J connectivity index is 1.96. The van der Waals surface area contributed by atoms with Crippen LogP contribution < -0.4 is 5.32 Å². The van der Waals surface area contributed by atoms with Crippen LogP contribution in [0.15, 0.2) is 24.3 Å². The Bertz CT molecular complexity index is 305. The minimum absolute atomic E-state index is 0.347. The van der Waals surface area contributed by atoms with Crippen LogP contribution in [0, 0.1) is 5.92 Å². The summed E-state index contributed by atoms with van der Waals surface area (Å²) in [6, 6.07) is 7.93. The van der Waals surface area contributed by atoms with Crippen molar-refractivity contribution in [2.24, 2.45) is 5.92 Å². The Kier molecular flexibility index (Phi) is 3.73. The summed E-state index contributed by atoms with van der Waals surface area (Å²) in [5.74, 6) is 0.779. The summed E-state index contributed by atoms with van der Waals surface area (Å²) in [4.78, 5) is 0. The van der Waals surface area contributed by atoms with Crippen molar-refractivity contribution in [1.82, 2.24) is 5.32 Å². The Morgan fingerprint density at radius 1 is 1.20 bits per heavy atom. The lowest BCUT2D eigenvalue weighted by Gasteiger charge is -2.22. The highest BCUT2D eigenvalue weighted by molar-refractivity contribution is 5.23. The summed E-state index contributed by atoms with van der Waals surface area (Å²) >= 11 is 0. The van der Waals surface area contributed by atoms with Crippen LogP contribution in [0.5, 0.6) is 0 Å². The first-order valence-corrected chi connectivity index (χ1v) is 5.73. The molecule has 0 atom stereocenters. The van der Waals surface area contributed by atoms with Crippen LogP contribution in [0.4, 0.5) is 4.39 Å². The van der Waals surface area contributed by atoms with Crippen molar-refractivity contribution in [1.29, 1.82) is 0 Å². The molecule has 1 aromatic rings. The first kappa shape index (κ1) is 10.6. The molecule has 1 N–H and O–H groups in total. The highest BCUT2D eigenvalue weighted by Gasteiger charge is 2.13. The molecule has 1 aliphatic heterocycles. The third kappa shape index (κ3) is 3.03. The summed E-state index contributed by atoms with van der Waals surface area (Å²) in [5, 5.41) is 3.36. The van der Waals surface area contributed by atoms with E-state index in [9.17, 15) is 4.39 Å². The Hall–Kier alpha value is -0.890. The lowest BCUT2D eigenvalue weighted by molar-refractivity contribution is 0.372. The summed E-state index contributed by atoms with van der Waals surface area (Å²) in [5.41, 5.74) is 2.10. The summed E-state index contributed by atoms with van der Waals surface area (Å²) in [6.07, 6.45) is 3.61. The standard InChI is InChI=1S/C13H18FN/c14-10-13-3-1-2-12(9-13)8-11-4-6-15-7-5-11/h1-3,9,11,15H,4-8,10H2. The summed E-state index contributed by atoms with van der Waals surface area (Å²) < 4.78 is 12.5. The van der Waals surface area contributed by atoms with Crippen LogP contribution in [0.3, 0.4) is 0 Å². The van der Waals surface area contributed by atoms with Gasteiger partial charge < -0.3 is 5.32 Å². The first-order valence-electron chi connectivity index (χ1n) is 5.73. The second-order valence-electron chi connectivity index (χ2n) is 4.35. The van der Waals surface area contributed by atoms with Crippen molar-refractivity contribution in [3.05, 3.63) is 35.4 Å². The van der Waals surface area contributed by atoms with Gasteiger partial charge in [-0.25, -0.2) is 4.39 Å². The number of alkyl halides is 1. The van der Waals surface area contributed by atoms with E-state index in [1.54, 1.807) is 0 Å². The summed E-state index contributed by atoms with van der Waals surface area (Å²) in [6.45, 7) is 1.92. The number of halogens is 1. The lowest BCUT2D eigenvalue weighted by Crippen LogP contribution is -2.28. The predicted octanol–water partition coefficient (Wildman–Crippen LogP) is 2.70. The number of hydrogen-bond donors (Lipinski definition) is 1. The van der Waals surface area contributed by atoms with Gasteiger partial charge in [-0.05, 0) is 49.4 Å². The molecule has 1 aliphatic rings. The average molecular weight is 207 g/mol. The van der Waals surface area contributed by atoms with E-state index in [2.05, 4.69) is 11.4 Å². The minimum Gasteiger partial charge on any atom is -0.317 e. The molecule has 15 heavy (non-hydrogen) atoms. The fourth-order valence-electron chi connectivity index (χ4n) is 2.26. The van der Waals surface area contributed by atoms with Gasteiger partial charge in [-0.3, -0.25) is 0 Å². The number of benzene rings is 1. The predicted molar refractivity (Wildman–Crippen MR) is 60.6 cm³/mol. The zero-order chi connectivity index (χ0) is 10.5. The molecule has 0 amide bonds. The van der Waals surface area contributed by atoms with Gasteiger partial charge in [-0.2, -0.15) is 0 Å². The van der Waals surface area contributed by atoms with E-state index < -0.39 is 0 Å². The largest absolute Gasteiger partial charge is 0.317 e. The van der Waals surface area contributed by atoms with Crippen LogP contribution >= 0.6 is 0 Å². The molecule has 0 aliphatic carbocycles. The average Bonchev–Trinajstić information content (AvgIpc) is 2.31. The fourth-order valence-corrected chi connectivity index (χ4v) is 2.26. The molecule has 0 unspecified atom stereocenters. The maximum atomic E-state index is 12.5. The molecule has 0 aromatic heterocycles. The van der Waals surface area contributed by atoms with Gasteiger partial charge in [0, 0.05) is 0 Å². The molecule has 82 valence electrons. The molecule has 0 saturated carbocycles. The Morgan fingerprint density at radius 3 is 2.67 bits per heavy atom. The van der Waals surface area contributed by atoms with E-state index in [-0.39, 0.29) is 6.67 Å². The normalized spacial score (nSPS) is 17.9. The van der Waals surface area contributed by atoms with Gasteiger partial charge in [0.2, 0.25) is 0 Å². The van der Waals surface area contributed by atoms with Crippen molar-refractivity contribution in [2.75, 3.05) is 13.1 Å². The monoisotopic (exact) mass is 207 g/mol. The van der Waals surface area contributed by atoms with Gasteiger partial charge in [0.25, 0.3) is 0 Å². The summed E-state index contributed by atoms with van der Waals surface area (Å²) in [7, 11) is 0. The van der Waals surface area contributed by atoms with Gasteiger partial charge >= 0.3 is 0 Å². The third-order valence-electron chi connectivity index (χ3n) is 3.13. The molecule has 1 aromatic carbocycles. The van der Waals surface area contributed by atoms with E-state index in [1.165, 1.54) is 18.4 Å². The van der Waals surface area contributed by atoms with E-state index in [1.807, 2.05) is 18.2 Å². The highest BCUT2D eigenvalue weighted by atomic mass is 19.1. The number of hydrogen-bond acceptors (Lipinski definition) is 1. The molecule has 0 bridgehead atoms. The minimum atomic E-state index is -0.347. The second-order valence-corrected chi connectivity index (χ2v) is 4.35. The van der Waals surface area contributed by atoms with Crippen LogP contribution in [-0.2, 0) is 13.1 Å². The van der Waals surface area contributed by atoms with Gasteiger partial charge in [0.15, 0.2) is 0 Å². The van der Waals surface area contributed by atoms with Crippen LogP contribution in [0.25, 0.3) is 0 Å². The lowest BCUT2D eigenvalue weighted by atomic mass is 9.90. The van der Waals surface area contributed by atoms with Crippen molar-refractivity contribution < 1.29 is 4.39 Å². The smallest absolute Gasteiger partial charge is 0.115 e. The molecular weight excluding hydrogens is 189 g/mol. The van der Waals surface area contributed by atoms with Crippen LogP contribution in [0.2, 0.25) is 0 Å². The number of nitrogens with one attached hydrogen (secondary N) is 1. The van der Waals surface area contributed by atoms with Gasteiger partial charge in [-0.1, -0.05) is 24.3 Å². The molecule has 1 heterocycles. The van der Waals surface area contributed by atoms with Crippen molar-refractivity contribution in [3.63, 3.8) is 0 Å². The molecule has 0 radical (unpaired) electrons. The van der Waals surface area contributed by atoms with Gasteiger partial charge in [0.05, 0.1) is 0 Å². The molecular formula is C13H18FN. The van der Waals surface area contributed by atoms with E-state index in [0.717, 1.165) is 31.0 Å². The van der Waals surface area contributed by atoms with Gasteiger partial charge in [0.1, 0.15) is 6.67 Å². The maximum absolute atomic E-state index is 12.5. The molecule has 0 spiro atoms. The topological polar surface area (TPSA) is 12.0 Å². The molecule has 1 nitrogen and oxygen atoms in total. The molecule has 2 rings (SSSR count). The van der Waals surface area contributed by atoms with Crippen molar-refractivity contribution in [2.45, 2.75) is 25.9 Å². The maximum Gasteiger partial charge on any atom is 0.115 e. The van der Waals surface area contributed by atoms with Crippen molar-refractivity contribution >= 4 is 0 Å². The SMILES string of the molecule is FCc1cccc(CC2CCNCC2)c1. The second kappa shape index (κ2) is 5.26. The van der Waals surface area contributed by atoms with Gasteiger partial charge in [-0.15, -0.1) is 0 Å². The Labute approximate surface area is 90.7 Å². The van der Waals surface area contributed by atoms with E-state index >= 15 is 0 Å². The number of rotatable bonds is 3. The zero-order valence-electron chi connectivity index (χ0n) is 9.01. The van der Waals surface area contributed by atoms with Crippen LogP contribution in [0.1, 0.15) is 24.0 Å². The quantitative estimate of drug-likeness (QED) is 0.803. The molecule has 1 saturated heterocycles. The number of piperidine rings is 1. The first-order chi connectivity index (χ1) is 7.38. The zero-order valence-corrected chi connectivity index (χ0v) is 9.01. The van der Waals surface area contributed by atoms with E-state index in [0.29, 0.717) is 0 Å². The molecule has 1 fully saturated rings.